The van der Waals surface area contributed by atoms with Crippen LogP contribution in [0.4, 0.5) is 11.4 Å². The molecule has 0 aliphatic rings. The number of benzene rings is 2. The van der Waals surface area contributed by atoms with Gasteiger partial charge in [0.2, 0.25) is 0 Å². The first-order chi connectivity index (χ1) is 10.2. The summed E-state index contributed by atoms with van der Waals surface area (Å²) < 4.78 is 5.55. The Hall–Kier alpha value is -3.01. The summed E-state index contributed by atoms with van der Waals surface area (Å²) >= 11 is 0. The standard InChI is InChI=1S/C17H14N2O2/c1-2-11-7-8-15-12(9-11)10-16(21-15)17(20)19-14-6-4-3-5-13(14)18/h2-10H,1,18H2,(H,19,20). The summed E-state index contributed by atoms with van der Waals surface area (Å²) in [5.41, 5.74) is 8.51. The van der Waals surface area contributed by atoms with Crippen LogP contribution in [0, 0.1) is 0 Å². The van der Waals surface area contributed by atoms with Gasteiger partial charge in [-0.3, -0.25) is 4.79 Å². The lowest BCUT2D eigenvalue weighted by Gasteiger charge is -2.05. The number of carbonyl (C=O) groups is 1. The fraction of sp³-hybridized carbons (Fsp3) is 0. The maximum Gasteiger partial charge on any atom is 0.291 e. The molecule has 1 heterocycles. The van der Waals surface area contributed by atoms with Crippen LogP contribution in [0.1, 0.15) is 16.1 Å². The fourth-order valence-electron chi connectivity index (χ4n) is 2.10. The van der Waals surface area contributed by atoms with Crippen LogP contribution in [0.25, 0.3) is 17.0 Å². The summed E-state index contributed by atoms with van der Waals surface area (Å²) in [6.07, 6.45) is 1.75. The van der Waals surface area contributed by atoms with Crippen LogP contribution in [-0.4, -0.2) is 5.91 Å². The largest absolute Gasteiger partial charge is 0.451 e. The van der Waals surface area contributed by atoms with Crippen LogP contribution < -0.4 is 11.1 Å². The molecule has 1 aromatic heterocycles. The van der Waals surface area contributed by atoms with Crippen molar-refractivity contribution in [1.82, 2.24) is 0 Å². The third kappa shape index (κ3) is 2.51. The zero-order valence-corrected chi connectivity index (χ0v) is 11.3. The number of para-hydroxylation sites is 2. The third-order valence-electron chi connectivity index (χ3n) is 3.21. The second-order valence-corrected chi connectivity index (χ2v) is 4.65. The Bertz CT molecular complexity index is 834. The molecule has 0 bridgehead atoms. The Morgan fingerprint density at radius 2 is 2.00 bits per heavy atom. The molecule has 3 aromatic rings. The fourth-order valence-corrected chi connectivity index (χ4v) is 2.10. The molecule has 21 heavy (non-hydrogen) atoms. The van der Waals surface area contributed by atoms with Gasteiger partial charge in [-0.15, -0.1) is 0 Å². The molecule has 0 atom stereocenters. The van der Waals surface area contributed by atoms with E-state index < -0.39 is 0 Å². The minimum absolute atomic E-state index is 0.245. The lowest BCUT2D eigenvalue weighted by molar-refractivity contribution is 0.0999. The van der Waals surface area contributed by atoms with E-state index in [1.807, 2.05) is 24.3 Å². The number of furan rings is 1. The second-order valence-electron chi connectivity index (χ2n) is 4.65. The van der Waals surface area contributed by atoms with Crippen LogP contribution in [0.3, 0.4) is 0 Å². The van der Waals surface area contributed by atoms with E-state index in [1.165, 1.54) is 0 Å². The molecular formula is C17H14N2O2. The average molecular weight is 278 g/mol. The second kappa shape index (κ2) is 5.17. The normalized spacial score (nSPS) is 10.5. The van der Waals surface area contributed by atoms with Crippen LogP contribution >= 0.6 is 0 Å². The highest BCUT2D eigenvalue weighted by Gasteiger charge is 2.13. The summed E-state index contributed by atoms with van der Waals surface area (Å²) in [5.74, 6) is -0.0845. The maximum absolute atomic E-state index is 12.2. The van der Waals surface area contributed by atoms with Crippen molar-refractivity contribution in [2.24, 2.45) is 0 Å². The van der Waals surface area contributed by atoms with E-state index in [1.54, 1.807) is 30.3 Å². The minimum Gasteiger partial charge on any atom is -0.451 e. The van der Waals surface area contributed by atoms with Crippen LogP contribution in [-0.2, 0) is 0 Å². The van der Waals surface area contributed by atoms with Gasteiger partial charge in [0.05, 0.1) is 11.4 Å². The molecule has 2 aromatic carbocycles. The molecule has 0 radical (unpaired) electrons. The molecule has 0 aliphatic carbocycles. The van der Waals surface area contributed by atoms with E-state index in [0.29, 0.717) is 17.0 Å². The van der Waals surface area contributed by atoms with Gasteiger partial charge in [-0.05, 0) is 35.9 Å². The highest BCUT2D eigenvalue weighted by molar-refractivity contribution is 6.06. The number of nitrogens with one attached hydrogen (secondary N) is 1. The predicted octanol–water partition coefficient (Wildman–Crippen LogP) is 3.91. The molecule has 0 unspecified atom stereocenters. The first-order valence-corrected chi connectivity index (χ1v) is 6.49. The summed E-state index contributed by atoms with van der Waals surface area (Å²) in [7, 11) is 0. The highest BCUT2D eigenvalue weighted by atomic mass is 16.3. The van der Waals surface area contributed by atoms with Crippen molar-refractivity contribution >= 4 is 34.3 Å². The molecule has 0 fully saturated rings. The monoisotopic (exact) mass is 278 g/mol. The molecule has 3 rings (SSSR count). The van der Waals surface area contributed by atoms with E-state index in [4.69, 9.17) is 10.2 Å². The molecule has 4 heteroatoms. The van der Waals surface area contributed by atoms with Gasteiger partial charge in [-0.25, -0.2) is 0 Å². The number of hydrogen-bond acceptors (Lipinski definition) is 3. The highest BCUT2D eigenvalue weighted by Crippen LogP contribution is 2.23. The van der Waals surface area contributed by atoms with E-state index in [9.17, 15) is 4.79 Å². The predicted molar refractivity (Wildman–Crippen MR) is 85.1 cm³/mol. The lowest BCUT2D eigenvalue weighted by Crippen LogP contribution is -2.12. The Labute approximate surface area is 121 Å². The number of fused-ring (bicyclic) bond motifs is 1. The lowest BCUT2D eigenvalue weighted by atomic mass is 10.1. The average Bonchev–Trinajstić information content (AvgIpc) is 2.92. The molecule has 0 spiro atoms. The molecular weight excluding hydrogens is 264 g/mol. The number of nitrogens with two attached hydrogens (primary N) is 1. The van der Waals surface area contributed by atoms with Gasteiger partial charge >= 0.3 is 0 Å². The SMILES string of the molecule is C=Cc1ccc2oc(C(=O)Nc3ccccc3N)cc2c1. The number of carbonyl (C=O) groups excluding carboxylic acids is 1. The Kier molecular flexibility index (Phi) is 3.20. The van der Waals surface area contributed by atoms with Gasteiger partial charge in [0.15, 0.2) is 5.76 Å². The van der Waals surface area contributed by atoms with E-state index >= 15 is 0 Å². The number of nitrogen functional groups attached to an aromatic ring is 1. The first kappa shape index (κ1) is 13.0. The van der Waals surface area contributed by atoms with Crippen molar-refractivity contribution in [2.45, 2.75) is 0 Å². The van der Waals surface area contributed by atoms with Gasteiger partial charge in [0.1, 0.15) is 5.58 Å². The summed E-state index contributed by atoms with van der Waals surface area (Å²) in [5, 5.41) is 3.60. The number of anilines is 2. The van der Waals surface area contributed by atoms with Crippen molar-refractivity contribution in [2.75, 3.05) is 11.1 Å². The number of rotatable bonds is 3. The minimum atomic E-state index is -0.329. The van der Waals surface area contributed by atoms with Crippen molar-refractivity contribution in [3.8, 4) is 0 Å². The van der Waals surface area contributed by atoms with Gasteiger partial charge in [0.25, 0.3) is 5.91 Å². The topological polar surface area (TPSA) is 68.3 Å². The van der Waals surface area contributed by atoms with E-state index in [2.05, 4.69) is 11.9 Å². The van der Waals surface area contributed by atoms with Crippen molar-refractivity contribution < 1.29 is 9.21 Å². The van der Waals surface area contributed by atoms with Crippen molar-refractivity contribution in [3.05, 3.63) is 66.4 Å². The third-order valence-corrected chi connectivity index (χ3v) is 3.21. The van der Waals surface area contributed by atoms with Crippen molar-refractivity contribution in [3.63, 3.8) is 0 Å². The quantitative estimate of drug-likeness (QED) is 0.714. The zero-order valence-electron chi connectivity index (χ0n) is 11.3. The maximum atomic E-state index is 12.2. The van der Waals surface area contributed by atoms with E-state index in [0.717, 1.165) is 10.9 Å². The smallest absolute Gasteiger partial charge is 0.291 e. The first-order valence-electron chi connectivity index (χ1n) is 6.49. The summed E-state index contributed by atoms with van der Waals surface area (Å²) in [6.45, 7) is 3.72. The summed E-state index contributed by atoms with van der Waals surface area (Å²) in [6, 6.07) is 14.4. The van der Waals surface area contributed by atoms with Gasteiger partial charge < -0.3 is 15.5 Å². The molecule has 0 saturated carbocycles. The van der Waals surface area contributed by atoms with Gasteiger partial charge in [-0.1, -0.05) is 30.9 Å². The molecule has 104 valence electrons. The molecule has 4 nitrogen and oxygen atoms in total. The van der Waals surface area contributed by atoms with Crippen LogP contribution in [0.5, 0.6) is 0 Å². The Morgan fingerprint density at radius 1 is 1.19 bits per heavy atom. The number of amides is 1. The Balaban J connectivity index is 1.91. The number of hydrogen-bond donors (Lipinski definition) is 2. The van der Waals surface area contributed by atoms with E-state index in [-0.39, 0.29) is 11.7 Å². The summed E-state index contributed by atoms with van der Waals surface area (Å²) in [4.78, 5) is 12.2. The molecule has 0 saturated heterocycles. The molecule has 0 aliphatic heterocycles. The van der Waals surface area contributed by atoms with Gasteiger partial charge in [0, 0.05) is 5.39 Å². The van der Waals surface area contributed by atoms with Gasteiger partial charge in [-0.2, -0.15) is 0 Å². The molecule has 3 N–H and O–H groups in total. The Morgan fingerprint density at radius 3 is 2.76 bits per heavy atom. The van der Waals surface area contributed by atoms with Crippen LogP contribution in [0.15, 0.2) is 59.5 Å². The zero-order chi connectivity index (χ0) is 14.8. The van der Waals surface area contributed by atoms with Crippen molar-refractivity contribution in [1.29, 1.82) is 0 Å². The van der Waals surface area contributed by atoms with Crippen LogP contribution in [0.2, 0.25) is 0 Å². The molecule has 1 amide bonds.